The predicted molar refractivity (Wildman–Crippen MR) is 117 cm³/mol. The number of benzene rings is 2. The van der Waals surface area contributed by atoms with E-state index in [2.05, 4.69) is 10.0 Å². The van der Waals surface area contributed by atoms with Crippen molar-refractivity contribution >= 4 is 50.4 Å². The first-order valence-electron chi connectivity index (χ1n) is 8.54. The smallest absolute Gasteiger partial charge is 0.271 e. The maximum atomic E-state index is 12.4. The van der Waals surface area contributed by atoms with Crippen LogP contribution in [0, 0.1) is 6.92 Å². The first kappa shape index (κ1) is 20.4. The van der Waals surface area contributed by atoms with Gasteiger partial charge in [-0.2, -0.15) is 0 Å². The molecule has 3 rings (SSSR count). The summed E-state index contributed by atoms with van der Waals surface area (Å²) >= 11 is 2.58. The molecule has 1 heterocycles. The summed E-state index contributed by atoms with van der Waals surface area (Å²) in [7, 11) is -3.56. The van der Waals surface area contributed by atoms with Crippen molar-refractivity contribution in [1.29, 1.82) is 0 Å². The molecule has 1 atom stereocenters. The van der Waals surface area contributed by atoms with Gasteiger partial charge in [-0.3, -0.25) is 9.52 Å². The zero-order valence-corrected chi connectivity index (χ0v) is 17.8. The lowest BCUT2D eigenvalue weighted by atomic mass is 10.2. The highest BCUT2D eigenvalue weighted by atomic mass is 32.2. The second-order valence-electron chi connectivity index (χ2n) is 6.18. The van der Waals surface area contributed by atoms with Gasteiger partial charge in [0.2, 0.25) is 5.91 Å². The summed E-state index contributed by atoms with van der Waals surface area (Å²) in [5, 5.41) is 4.32. The van der Waals surface area contributed by atoms with E-state index < -0.39 is 10.0 Å². The molecule has 0 aliphatic heterocycles. The van der Waals surface area contributed by atoms with E-state index >= 15 is 0 Å². The van der Waals surface area contributed by atoms with Gasteiger partial charge >= 0.3 is 0 Å². The average Bonchev–Trinajstić information content (AvgIpc) is 3.21. The molecule has 5 nitrogen and oxygen atoms in total. The van der Waals surface area contributed by atoms with Gasteiger partial charge in [0.05, 0.1) is 5.25 Å². The molecule has 0 saturated heterocycles. The minimum atomic E-state index is -3.56. The van der Waals surface area contributed by atoms with E-state index in [4.69, 9.17) is 0 Å². The Morgan fingerprint density at radius 2 is 1.64 bits per heavy atom. The Hall–Kier alpha value is -2.29. The van der Waals surface area contributed by atoms with E-state index in [1.165, 1.54) is 23.1 Å². The number of carbonyl (C=O) groups is 1. The van der Waals surface area contributed by atoms with Crippen LogP contribution < -0.4 is 10.0 Å². The topological polar surface area (TPSA) is 75.3 Å². The zero-order valence-electron chi connectivity index (χ0n) is 15.4. The maximum absolute atomic E-state index is 12.4. The van der Waals surface area contributed by atoms with Crippen LogP contribution in [-0.4, -0.2) is 19.6 Å². The van der Waals surface area contributed by atoms with Gasteiger partial charge in [-0.15, -0.1) is 23.1 Å². The zero-order chi connectivity index (χ0) is 20.1. The molecule has 146 valence electrons. The second-order valence-corrected chi connectivity index (χ2v) is 10.4. The van der Waals surface area contributed by atoms with Crippen molar-refractivity contribution in [2.75, 3.05) is 10.0 Å². The van der Waals surface area contributed by atoms with Gasteiger partial charge < -0.3 is 5.32 Å². The van der Waals surface area contributed by atoms with Crippen molar-refractivity contribution in [3.05, 3.63) is 71.6 Å². The quantitative estimate of drug-likeness (QED) is 0.517. The number of rotatable bonds is 7. The molecule has 28 heavy (non-hydrogen) atoms. The predicted octanol–water partition coefficient (Wildman–Crippen LogP) is 4.98. The molecule has 0 fully saturated rings. The van der Waals surface area contributed by atoms with E-state index in [-0.39, 0.29) is 15.4 Å². The summed E-state index contributed by atoms with van der Waals surface area (Å²) < 4.78 is 27.3. The van der Waals surface area contributed by atoms with Crippen LogP contribution in [0.2, 0.25) is 0 Å². The summed E-state index contributed by atoms with van der Waals surface area (Å²) in [6.45, 7) is 3.83. The highest BCUT2D eigenvalue weighted by Gasteiger charge is 2.16. The van der Waals surface area contributed by atoms with Gasteiger partial charge in [-0.05, 0) is 61.7 Å². The largest absolute Gasteiger partial charge is 0.325 e. The van der Waals surface area contributed by atoms with Crippen LogP contribution in [0.1, 0.15) is 12.5 Å². The van der Waals surface area contributed by atoms with Gasteiger partial charge in [-0.25, -0.2) is 8.42 Å². The third-order valence-corrected chi connectivity index (χ3v) is 7.76. The van der Waals surface area contributed by atoms with E-state index in [9.17, 15) is 13.2 Å². The summed E-state index contributed by atoms with van der Waals surface area (Å²) in [6, 6.07) is 17.9. The first-order chi connectivity index (χ1) is 13.3. The molecule has 0 spiro atoms. The van der Waals surface area contributed by atoms with Crippen molar-refractivity contribution in [2.24, 2.45) is 0 Å². The molecule has 1 amide bonds. The summed E-state index contributed by atoms with van der Waals surface area (Å²) in [4.78, 5) is 13.2. The Labute approximate surface area is 173 Å². The molecule has 8 heteroatoms. The van der Waals surface area contributed by atoms with Crippen LogP contribution in [0.4, 0.5) is 11.4 Å². The van der Waals surface area contributed by atoms with E-state index in [0.29, 0.717) is 5.69 Å². The molecule has 1 aromatic heterocycles. The molecular formula is C20H20N2O3S3. The fourth-order valence-corrected chi connectivity index (χ4v) is 5.28. The minimum absolute atomic E-state index is 0.0867. The van der Waals surface area contributed by atoms with Crippen LogP contribution in [0.5, 0.6) is 0 Å². The number of thiophene rings is 1. The summed E-state index contributed by atoms with van der Waals surface area (Å²) in [6.07, 6.45) is 0. The standard InChI is InChI=1S/C20H20N2O3S3/c1-14-5-7-16(8-6-14)21-20(23)15(2)27-18-11-9-17(10-12-18)22-28(24,25)19-4-3-13-26-19/h3-13,15,22H,1-2H3,(H,21,23). The first-order valence-corrected chi connectivity index (χ1v) is 11.8. The van der Waals surface area contributed by atoms with Gasteiger partial charge in [0.15, 0.2) is 0 Å². The van der Waals surface area contributed by atoms with Crippen LogP contribution >= 0.6 is 23.1 Å². The SMILES string of the molecule is Cc1ccc(NC(=O)C(C)Sc2ccc(NS(=O)(=O)c3cccs3)cc2)cc1. The maximum Gasteiger partial charge on any atom is 0.271 e. The number of nitrogens with one attached hydrogen (secondary N) is 2. The fourth-order valence-electron chi connectivity index (χ4n) is 2.36. The molecular weight excluding hydrogens is 412 g/mol. The molecule has 3 aromatic rings. The van der Waals surface area contributed by atoms with Crippen molar-refractivity contribution in [3.8, 4) is 0 Å². The Balaban J connectivity index is 1.59. The third kappa shape index (κ3) is 5.37. The lowest BCUT2D eigenvalue weighted by Crippen LogP contribution is -2.22. The van der Waals surface area contributed by atoms with Crippen LogP contribution in [0.25, 0.3) is 0 Å². The van der Waals surface area contributed by atoms with Gasteiger partial charge in [0.1, 0.15) is 4.21 Å². The Morgan fingerprint density at radius 3 is 2.25 bits per heavy atom. The normalized spacial score (nSPS) is 12.4. The Bertz CT molecular complexity index is 1030. The van der Waals surface area contributed by atoms with Crippen LogP contribution in [0.3, 0.4) is 0 Å². The van der Waals surface area contributed by atoms with Gasteiger partial charge in [0.25, 0.3) is 10.0 Å². The Morgan fingerprint density at radius 1 is 1.00 bits per heavy atom. The number of sulfonamides is 1. The van der Waals surface area contributed by atoms with Crippen molar-refractivity contribution in [1.82, 2.24) is 0 Å². The molecule has 0 radical (unpaired) electrons. The number of anilines is 2. The number of hydrogen-bond acceptors (Lipinski definition) is 5. The van der Waals surface area contributed by atoms with Crippen molar-refractivity contribution < 1.29 is 13.2 Å². The number of amides is 1. The van der Waals surface area contributed by atoms with E-state index in [0.717, 1.165) is 16.1 Å². The minimum Gasteiger partial charge on any atom is -0.325 e. The monoisotopic (exact) mass is 432 g/mol. The van der Waals surface area contributed by atoms with Crippen molar-refractivity contribution in [3.63, 3.8) is 0 Å². The fraction of sp³-hybridized carbons (Fsp3) is 0.150. The summed E-state index contributed by atoms with van der Waals surface area (Å²) in [5.74, 6) is -0.0867. The third-order valence-electron chi connectivity index (χ3n) is 3.87. The molecule has 1 unspecified atom stereocenters. The van der Waals surface area contributed by atoms with E-state index in [1.807, 2.05) is 38.1 Å². The van der Waals surface area contributed by atoms with Crippen LogP contribution in [0.15, 0.2) is 75.1 Å². The summed E-state index contributed by atoms with van der Waals surface area (Å²) in [5.41, 5.74) is 2.38. The van der Waals surface area contributed by atoms with Crippen LogP contribution in [-0.2, 0) is 14.8 Å². The van der Waals surface area contributed by atoms with Gasteiger partial charge in [0, 0.05) is 16.3 Å². The molecule has 0 aliphatic carbocycles. The molecule has 0 saturated carbocycles. The second kappa shape index (κ2) is 8.81. The molecule has 0 aliphatic rings. The molecule has 2 aromatic carbocycles. The Kier molecular flexibility index (Phi) is 6.43. The molecule has 2 N–H and O–H groups in total. The van der Waals surface area contributed by atoms with E-state index in [1.54, 1.807) is 41.8 Å². The number of hydrogen-bond donors (Lipinski definition) is 2. The highest BCUT2D eigenvalue weighted by Crippen LogP contribution is 2.27. The number of thioether (sulfide) groups is 1. The molecule has 0 bridgehead atoms. The highest BCUT2D eigenvalue weighted by molar-refractivity contribution is 8.00. The van der Waals surface area contributed by atoms with Crippen molar-refractivity contribution in [2.45, 2.75) is 28.2 Å². The lowest BCUT2D eigenvalue weighted by molar-refractivity contribution is -0.115. The number of carbonyl (C=O) groups excluding carboxylic acids is 1. The average molecular weight is 433 g/mol. The number of aryl methyl sites for hydroxylation is 1. The lowest BCUT2D eigenvalue weighted by Gasteiger charge is -2.13. The van der Waals surface area contributed by atoms with Gasteiger partial charge in [-0.1, -0.05) is 23.8 Å².